The fourth-order valence-corrected chi connectivity index (χ4v) is 2.00. The number of rotatable bonds is 7. The molecule has 0 spiro atoms. The minimum Gasteiger partial charge on any atom is -0.476 e. The largest absolute Gasteiger partial charge is 0.476 e. The number of carbonyl (C=O) groups is 1. The Morgan fingerprint density at radius 1 is 1.38 bits per heavy atom. The standard InChI is InChI=1S/C14H18N4O3/c1-2-21-9-3-8-18-13(12(14(19)20)16-17-18)10-4-6-11(15)7-5-10/h4-7H,2-3,8-9,15H2,1H3,(H,19,20). The molecule has 1 aromatic heterocycles. The summed E-state index contributed by atoms with van der Waals surface area (Å²) in [5, 5.41) is 16.9. The van der Waals surface area contributed by atoms with Gasteiger partial charge in [-0.15, -0.1) is 5.10 Å². The van der Waals surface area contributed by atoms with E-state index in [1.54, 1.807) is 28.9 Å². The van der Waals surface area contributed by atoms with Gasteiger partial charge in [0.15, 0.2) is 5.69 Å². The second-order valence-corrected chi connectivity index (χ2v) is 4.49. The average Bonchev–Trinajstić information content (AvgIpc) is 2.88. The highest BCUT2D eigenvalue weighted by molar-refractivity contribution is 5.92. The fourth-order valence-electron chi connectivity index (χ4n) is 2.00. The van der Waals surface area contributed by atoms with Crippen LogP contribution in [0.1, 0.15) is 23.8 Å². The first kappa shape index (κ1) is 15.0. The summed E-state index contributed by atoms with van der Waals surface area (Å²) in [7, 11) is 0. The van der Waals surface area contributed by atoms with Gasteiger partial charge in [-0.3, -0.25) is 0 Å². The number of aryl methyl sites for hydroxylation is 1. The van der Waals surface area contributed by atoms with Crippen LogP contribution in [0.3, 0.4) is 0 Å². The molecular weight excluding hydrogens is 272 g/mol. The molecule has 112 valence electrons. The highest BCUT2D eigenvalue weighted by Gasteiger charge is 2.20. The monoisotopic (exact) mass is 290 g/mol. The van der Waals surface area contributed by atoms with Crippen molar-refractivity contribution in [1.82, 2.24) is 15.0 Å². The van der Waals surface area contributed by atoms with Gasteiger partial charge in [-0.25, -0.2) is 9.48 Å². The molecule has 0 radical (unpaired) electrons. The number of aromatic carboxylic acids is 1. The maximum absolute atomic E-state index is 11.3. The van der Waals surface area contributed by atoms with Crippen molar-refractivity contribution < 1.29 is 14.6 Å². The van der Waals surface area contributed by atoms with Gasteiger partial charge in [0.2, 0.25) is 0 Å². The minimum atomic E-state index is -1.10. The Balaban J connectivity index is 2.29. The first-order valence-corrected chi connectivity index (χ1v) is 6.74. The molecule has 2 rings (SSSR count). The lowest BCUT2D eigenvalue weighted by Crippen LogP contribution is -2.07. The zero-order valence-corrected chi connectivity index (χ0v) is 11.8. The van der Waals surface area contributed by atoms with Gasteiger partial charge in [0.05, 0.1) is 0 Å². The second kappa shape index (κ2) is 6.85. The number of benzene rings is 1. The summed E-state index contributed by atoms with van der Waals surface area (Å²) in [6.45, 7) is 3.72. The molecule has 7 nitrogen and oxygen atoms in total. The summed E-state index contributed by atoms with van der Waals surface area (Å²) in [6.07, 6.45) is 0.734. The third-order valence-electron chi connectivity index (χ3n) is 2.98. The molecule has 0 amide bonds. The second-order valence-electron chi connectivity index (χ2n) is 4.49. The summed E-state index contributed by atoms with van der Waals surface area (Å²) < 4.78 is 6.87. The molecular formula is C14H18N4O3. The van der Waals surface area contributed by atoms with Crippen molar-refractivity contribution in [2.24, 2.45) is 0 Å². The number of carboxylic acid groups (broad SMARTS) is 1. The van der Waals surface area contributed by atoms with E-state index >= 15 is 0 Å². The van der Waals surface area contributed by atoms with E-state index in [9.17, 15) is 9.90 Å². The van der Waals surface area contributed by atoms with Crippen LogP contribution in [0.5, 0.6) is 0 Å². The van der Waals surface area contributed by atoms with Crippen LogP contribution in [0.15, 0.2) is 24.3 Å². The molecule has 3 N–H and O–H groups in total. The first-order valence-electron chi connectivity index (χ1n) is 6.74. The number of nitrogen functional groups attached to an aromatic ring is 1. The topological polar surface area (TPSA) is 103 Å². The lowest BCUT2D eigenvalue weighted by Gasteiger charge is -2.07. The quantitative estimate of drug-likeness (QED) is 0.593. The predicted octanol–water partition coefficient (Wildman–Crippen LogP) is 1.65. The van der Waals surface area contributed by atoms with Crippen LogP contribution in [-0.4, -0.2) is 39.3 Å². The molecule has 2 aromatic rings. The van der Waals surface area contributed by atoms with E-state index in [0.717, 1.165) is 12.0 Å². The van der Waals surface area contributed by atoms with E-state index < -0.39 is 5.97 Å². The molecule has 1 heterocycles. The Morgan fingerprint density at radius 3 is 2.71 bits per heavy atom. The summed E-state index contributed by atoms with van der Waals surface area (Å²) in [6, 6.07) is 6.97. The van der Waals surface area contributed by atoms with E-state index in [0.29, 0.717) is 31.1 Å². The lowest BCUT2D eigenvalue weighted by molar-refractivity contribution is 0.0691. The molecule has 0 atom stereocenters. The molecule has 0 unspecified atom stereocenters. The van der Waals surface area contributed by atoms with E-state index in [1.165, 1.54) is 0 Å². The SMILES string of the molecule is CCOCCCn1nnc(C(=O)O)c1-c1ccc(N)cc1. The maximum atomic E-state index is 11.3. The van der Waals surface area contributed by atoms with Gasteiger partial charge in [0.25, 0.3) is 0 Å². The Labute approximate surface area is 122 Å². The molecule has 0 aliphatic heterocycles. The van der Waals surface area contributed by atoms with Crippen LogP contribution >= 0.6 is 0 Å². The highest BCUT2D eigenvalue weighted by atomic mass is 16.5. The summed E-state index contributed by atoms with van der Waals surface area (Å²) >= 11 is 0. The highest BCUT2D eigenvalue weighted by Crippen LogP contribution is 2.23. The number of nitrogens with two attached hydrogens (primary N) is 1. The number of ether oxygens (including phenoxy) is 1. The lowest BCUT2D eigenvalue weighted by atomic mass is 10.1. The molecule has 0 saturated carbocycles. The molecule has 0 aliphatic rings. The van der Waals surface area contributed by atoms with Crippen LogP contribution in [0, 0.1) is 0 Å². The van der Waals surface area contributed by atoms with Crippen LogP contribution < -0.4 is 5.73 Å². The van der Waals surface area contributed by atoms with Crippen LogP contribution in [-0.2, 0) is 11.3 Å². The van der Waals surface area contributed by atoms with E-state index in [4.69, 9.17) is 10.5 Å². The number of nitrogens with zero attached hydrogens (tertiary/aromatic N) is 3. The van der Waals surface area contributed by atoms with E-state index in [1.807, 2.05) is 6.92 Å². The normalized spacial score (nSPS) is 10.7. The zero-order chi connectivity index (χ0) is 15.2. The van der Waals surface area contributed by atoms with E-state index in [-0.39, 0.29) is 5.69 Å². The Kier molecular flexibility index (Phi) is 4.89. The molecule has 0 saturated heterocycles. The number of aromatic nitrogens is 3. The van der Waals surface area contributed by atoms with Crippen molar-refractivity contribution in [2.45, 2.75) is 19.9 Å². The van der Waals surface area contributed by atoms with Gasteiger partial charge in [-0.1, -0.05) is 17.3 Å². The molecule has 0 aliphatic carbocycles. The number of hydrogen-bond donors (Lipinski definition) is 2. The number of carboxylic acids is 1. The van der Waals surface area contributed by atoms with Crippen molar-refractivity contribution in [3.63, 3.8) is 0 Å². The van der Waals surface area contributed by atoms with Crippen molar-refractivity contribution in [1.29, 1.82) is 0 Å². The smallest absolute Gasteiger partial charge is 0.358 e. The minimum absolute atomic E-state index is 0.0591. The molecule has 0 fully saturated rings. The van der Waals surface area contributed by atoms with E-state index in [2.05, 4.69) is 10.3 Å². The van der Waals surface area contributed by atoms with Gasteiger partial charge < -0.3 is 15.6 Å². The number of anilines is 1. The Bertz CT molecular complexity index is 607. The molecule has 7 heteroatoms. The summed E-state index contributed by atoms with van der Waals surface area (Å²) in [5.74, 6) is -1.10. The van der Waals surface area contributed by atoms with Crippen LogP contribution in [0.4, 0.5) is 5.69 Å². The number of hydrogen-bond acceptors (Lipinski definition) is 5. The first-order chi connectivity index (χ1) is 10.1. The van der Waals surface area contributed by atoms with Gasteiger partial charge >= 0.3 is 5.97 Å². The van der Waals surface area contributed by atoms with Gasteiger partial charge in [0, 0.05) is 31.0 Å². The van der Waals surface area contributed by atoms with Gasteiger partial charge in [-0.05, 0) is 25.5 Å². The third kappa shape index (κ3) is 3.57. The summed E-state index contributed by atoms with van der Waals surface area (Å²) in [4.78, 5) is 11.3. The van der Waals surface area contributed by atoms with Crippen molar-refractivity contribution in [3.8, 4) is 11.3 Å². The summed E-state index contributed by atoms with van der Waals surface area (Å²) in [5.41, 5.74) is 7.43. The Hall–Kier alpha value is -2.41. The van der Waals surface area contributed by atoms with Crippen molar-refractivity contribution in [3.05, 3.63) is 30.0 Å². The molecule has 1 aromatic carbocycles. The fraction of sp³-hybridized carbons (Fsp3) is 0.357. The molecule has 0 bridgehead atoms. The molecule has 21 heavy (non-hydrogen) atoms. The predicted molar refractivity (Wildman–Crippen MR) is 77.9 cm³/mol. The maximum Gasteiger partial charge on any atom is 0.358 e. The van der Waals surface area contributed by atoms with Gasteiger partial charge in [-0.2, -0.15) is 0 Å². The van der Waals surface area contributed by atoms with Crippen LogP contribution in [0.25, 0.3) is 11.3 Å². The van der Waals surface area contributed by atoms with Crippen LogP contribution in [0.2, 0.25) is 0 Å². The van der Waals surface area contributed by atoms with Crippen molar-refractivity contribution >= 4 is 11.7 Å². The Morgan fingerprint density at radius 2 is 2.10 bits per heavy atom. The van der Waals surface area contributed by atoms with Crippen molar-refractivity contribution in [2.75, 3.05) is 18.9 Å². The average molecular weight is 290 g/mol. The third-order valence-corrected chi connectivity index (χ3v) is 2.98. The zero-order valence-electron chi connectivity index (χ0n) is 11.8. The van der Waals surface area contributed by atoms with Gasteiger partial charge in [0.1, 0.15) is 5.69 Å².